The van der Waals surface area contributed by atoms with Gasteiger partial charge >= 0.3 is 0 Å². The first-order valence-electron chi connectivity index (χ1n) is 8.28. The van der Waals surface area contributed by atoms with Crippen molar-refractivity contribution in [3.8, 4) is 0 Å². The van der Waals surface area contributed by atoms with Gasteiger partial charge < -0.3 is 11.1 Å². The molecule has 124 valence electrons. The Morgan fingerprint density at radius 1 is 1.19 bits per heavy atom. The first-order chi connectivity index (χ1) is 9.53. The lowest BCUT2D eigenvalue weighted by Crippen LogP contribution is -2.50. The second kappa shape index (κ2) is 7.10. The highest BCUT2D eigenvalue weighted by molar-refractivity contribution is 5.77. The van der Waals surface area contributed by atoms with Crippen molar-refractivity contribution in [3.63, 3.8) is 0 Å². The lowest BCUT2D eigenvalue weighted by atomic mass is 9.75. The smallest absolute Gasteiger partial charge is 0.222 e. The van der Waals surface area contributed by atoms with Crippen molar-refractivity contribution in [1.29, 1.82) is 0 Å². The van der Waals surface area contributed by atoms with Crippen LogP contribution in [0.25, 0.3) is 0 Å². The van der Waals surface area contributed by atoms with Crippen molar-refractivity contribution in [1.82, 2.24) is 10.2 Å². The zero-order valence-corrected chi connectivity index (χ0v) is 14.8. The van der Waals surface area contributed by atoms with Gasteiger partial charge in [-0.1, -0.05) is 20.8 Å². The molecule has 1 aliphatic rings. The molecule has 0 bridgehead atoms. The van der Waals surface area contributed by atoms with E-state index in [1.165, 1.54) is 12.8 Å². The largest absolute Gasteiger partial charge is 0.351 e. The van der Waals surface area contributed by atoms with E-state index in [2.05, 4.69) is 31.0 Å². The average molecular weight is 297 g/mol. The molecule has 1 saturated heterocycles. The third kappa shape index (κ3) is 6.35. The third-order valence-electron chi connectivity index (χ3n) is 4.48. The molecule has 1 unspecified atom stereocenters. The molecule has 1 atom stereocenters. The van der Waals surface area contributed by atoms with Gasteiger partial charge in [0.05, 0.1) is 0 Å². The molecule has 0 radical (unpaired) electrons. The number of hydrogen-bond donors (Lipinski definition) is 2. The number of nitrogens with zero attached hydrogens (tertiary/aromatic N) is 1. The van der Waals surface area contributed by atoms with Crippen LogP contribution in [0.5, 0.6) is 0 Å². The van der Waals surface area contributed by atoms with Crippen molar-refractivity contribution in [2.45, 2.75) is 72.4 Å². The van der Waals surface area contributed by atoms with E-state index in [1.54, 1.807) is 0 Å². The summed E-state index contributed by atoms with van der Waals surface area (Å²) in [5.74, 6) is 0.881. The first-order valence-corrected chi connectivity index (χ1v) is 8.28. The van der Waals surface area contributed by atoms with Crippen LogP contribution < -0.4 is 11.1 Å². The van der Waals surface area contributed by atoms with Crippen LogP contribution in [0.1, 0.15) is 60.8 Å². The first kappa shape index (κ1) is 18.4. The second-order valence-electron chi connectivity index (χ2n) is 8.57. The second-order valence-corrected chi connectivity index (χ2v) is 8.57. The van der Waals surface area contributed by atoms with E-state index < -0.39 is 0 Å². The normalized spacial score (nSPS) is 20.3. The fourth-order valence-corrected chi connectivity index (χ4v) is 3.18. The highest BCUT2D eigenvalue weighted by Crippen LogP contribution is 2.34. The van der Waals surface area contributed by atoms with Gasteiger partial charge in [-0.3, -0.25) is 9.69 Å². The molecule has 1 heterocycles. The molecular formula is C17H35N3O. The Morgan fingerprint density at radius 3 is 2.10 bits per heavy atom. The number of nitrogens with one attached hydrogen (secondary N) is 1. The minimum Gasteiger partial charge on any atom is -0.351 e. The van der Waals surface area contributed by atoms with E-state index in [0.717, 1.165) is 19.0 Å². The predicted octanol–water partition coefficient (Wildman–Crippen LogP) is 2.38. The molecule has 0 spiro atoms. The Balaban J connectivity index is 2.50. The summed E-state index contributed by atoms with van der Waals surface area (Å²) >= 11 is 0. The Kier molecular flexibility index (Phi) is 6.23. The quantitative estimate of drug-likeness (QED) is 0.837. The van der Waals surface area contributed by atoms with Crippen molar-refractivity contribution in [2.75, 3.05) is 19.6 Å². The van der Waals surface area contributed by atoms with Crippen LogP contribution in [0.2, 0.25) is 0 Å². The molecule has 1 rings (SSSR count). The van der Waals surface area contributed by atoms with E-state index in [9.17, 15) is 4.79 Å². The van der Waals surface area contributed by atoms with Gasteiger partial charge in [0.1, 0.15) is 0 Å². The molecule has 0 aromatic heterocycles. The van der Waals surface area contributed by atoms with Gasteiger partial charge in [0, 0.05) is 24.5 Å². The predicted molar refractivity (Wildman–Crippen MR) is 89.1 cm³/mol. The summed E-state index contributed by atoms with van der Waals surface area (Å²) < 4.78 is 0. The number of rotatable bonds is 4. The van der Waals surface area contributed by atoms with Crippen LogP contribution in [0.4, 0.5) is 0 Å². The maximum atomic E-state index is 12.1. The van der Waals surface area contributed by atoms with Gasteiger partial charge in [-0.25, -0.2) is 0 Å². The van der Waals surface area contributed by atoms with Crippen LogP contribution in [-0.2, 0) is 4.79 Å². The van der Waals surface area contributed by atoms with Crippen LogP contribution in [0.15, 0.2) is 0 Å². The van der Waals surface area contributed by atoms with Crippen LogP contribution in [0, 0.1) is 11.3 Å². The fourth-order valence-electron chi connectivity index (χ4n) is 3.18. The highest BCUT2D eigenvalue weighted by atomic mass is 16.1. The van der Waals surface area contributed by atoms with Crippen LogP contribution >= 0.6 is 0 Å². The van der Waals surface area contributed by atoms with E-state index in [-0.39, 0.29) is 17.5 Å². The summed E-state index contributed by atoms with van der Waals surface area (Å²) in [6.07, 6.45) is 2.93. The van der Waals surface area contributed by atoms with E-state index in [0.29, 0.717) is 18.4 Å². The number of nitrogens with two attached hydrogens (primary N) is 1. The minimum absolute atomic E-state index is 0.107. The zero-order valence-electron chi connectivity index (χ0n) is 14.8. The molecule has 0 aliphatic carbocycles. The van der Waals surface area contributed by atoms with Crippen molar-refractivity contribution < 1.29 is 4.79 Å². The zero-order chi connectivity index (χ0) is 16.3. The molecule has 1 fully saturated rings. The Morgan fingerprint density at radius 2 is 1.71 bits per heavy atom. The highest BCUT2D eigenvalue weighted by Gasteiger charge is 2.31. The number of carbonyl (C=O) groups excluding carboxylic acids is 1. The van der Waals surface area contributed by atoms with Crippen molar-refractivity contribution in [2.24, 2.45) is 17.1 Å². The van der Waals surface area contributed by atoms with Gasteiger partial charge in [-0.05, 0) is 58.0 Å². The molecule has 0 saturated carbocycles. The summed E-state index contributed by atoms with van der Waals surface area (Å²) in [5, 5.41) is 3.03. The summed E-state index contributed by atoms with van der Waals surface area (Å²) in [7, 11) is 0. The lowest BCUT2D eigenvalue weighted by Gasteiger charge is -2.41. The topological polar surface area (TPSA) is 58.4 Å². The number of piperidine rings is 1. The lowest BCUT2D eigenvalue weighted by molar-refractivity contribution is -0.123. The van der Waals surface area contributed by atoms with Crippen LogP contribution in [0.3, 0.4) is 0 Å². The molecule has 1 aliphatic heterocycles. The van der Waals surface area contributed by atoms with E-state index in [4.69, 9.17) is 5.73 Å². The van der Waals surface area contributed by atoms with E-state index in [1.807, 2.05) is 20.8 Å². The van der Waals surface area contributed by atoms with Crippen molar-refractivity contribution >= 4 is 5.91 Å². The Bertz CT molecular complexity index is 333. The molecule has 0 aromatic carbocycles. The van der Waals surface area contributed by atoms with Gasteiger partial charge in [-0.15, -0.1) is 0 Å². The number of likely N-dealkylation sites (tertiary alicyclic amines) is 1. The monoisotopic (exact) mass is 297 g/mol. The summed E-state index contributed by atoms with van der Waals surface area (Å²) in [6.45, 7) is 15.7. The Hall–Kier alpha value is -0.610. The molecular weight excluding hydrogens is 262 g/mol. The molecule has 4 heteroatoms. The molecule has 1 amide bonds. The van der Waals surface area contributed by atoms with Gasteiger partial charge in [0.2, 0.25) is 5.91 Å². The molecule has 0 aromatic rings. The standard InChI is InChI=1S/C17H35N3O/c1-16(2,3)13-7-9-20(10-8-13)14(12-18)11-15(21)19-17(4,5)6/h13-14H,7-12,18H2,1-6H3,(H,19,21). The summed E-state index contributed by atoms with van der Waals surface area (Å²) in [4.78, 5) is 14.5. The SMILES string of the molecule is CC(C)(C)NC(=O)CC(CN)N1CCC(C(C)(C)C)CC1. The molecule has 4 nitrogen and oxygen atoms in total. The fraction of sp³-hybridized carbons (Fsp3) is 0.941. The number of hydrogen-bond acceptors (Lipinski definition) is 3. The molecule has 3 N–H and O–H groups in total. The third-order valence-corrected chi connectivity index (χ3v) is 4.48. The van der Waals surface area contributed by atoms with E-state index >= 15 is 0 Å². The Labute approximate surface area is 130 Å². The van der Waals surface area contributed by atoms with Crippen LogP contribution in [-0.4, -0.2) is 42.0 Å². The number of amides is 1. The maximum Gasteiger partial charge on any atom is 0.222 e. The van der Waals surface area contributed by atoms with Crippen molar-refractivity contribution in [3.05, 3.63) is 0 Å². The van der Waals surface area contributed by atoms with Gasteiger partial charge in [0.15, 0.2) is 0 Å². The number of carbonyl (C=O) groups is 1. The van der Waals surface area contributed by atoms with Gasteiger partial charge in [0.25, 0.3) is 0 Å². The average Bonchev–Trinajstić information content (AvgIpc) is 2.33. The maximum absolute atomic E-state index is 12.1. The summed E-state index contributed by atoms with van der Waals surface area (Å²) in [5.41, 5.74) is 6.13. The minimum atomic E-state index is -0.171. The molecule has 21 heavy (non-hydrogen) atoms. The summed E-state index contributed by atoms with van der Waals surface area (Å²) in [6, 6.07) is 0.174. The van der Waals surface area contributed by atoms with Gasteiger partial charge in [-0.2, -0.15) is 0 Å².